The average molecular weight is 270 g/mol. The molecule has 0 bridgehead atoms. The topological polar surface area (TPSA) is 64.8 Å². The van der Waals surface area contributed by atoms with Gasteiger partial charge in [-0.3, -0.25) is 4.79 Å². The van der Waals surface area contributed by atoms with Crippen molar-refractivity contribution in [2.45, 2.75) is 45.3 Å². The van der Waals surface area contributed by atoms with Crippen LogP contribution in [0.15, 0.2) is 0 Å². The van der Waals surface area contributed by atoms with Crippen molar-refractivity contribution in [1.29, 1.82) is 0 Å². The molecule has 0 aliphatic carbocycles. The Hall–Kier alpha value is -0.650. The monoisotopic (exact) mass is 270 g/mol. The molecule has 2 saturated heterocycles. The number of nitrogens with two attached hydrogens (primary N) is 1. The highest BCUT2D eigenvalue weighted by Gasteiger charge is 2.44. The van der Waals surface area contributed by atoms with E-state index in [0.29, 0.717) is 32.9 Å². The Balaban J connectivity index is 2.14. The average Bonchev–Trinajstić information content (AvgIpc) is 2.47. The van der Waals surface area contributed by atoms with Gasteiger partial charge in [-0.15, -0.1) is 0 Å². The highest BCUT2D eigenvalue weighted by Crippen LogP contribution is 2.33. The Morgan fingerprint density at radius 3 is 2.68 bits per heavy atom. The highest BCUT2D eigenvalue weighted by atomic mass is 16.5. The number of carbonyl (C=O) groups excluding carboxylic acids is 1. The zero-order chi connectivity index (χ0) is 13.9. The van der Waals surface area contributed by atoms with Crippen LogP contribution in [0.3, 0.4) is 0 Å². The van der Waals surface area contributed by atoms with Crippen LogP contribution in [0.25, 0.3) is 0 Å². The van der Waals surface area contributed by atoms with E-state index in [4.69, 9.17) is 15.2 Å². The summed E-state index contributed by atoms with van der Waals surface area (Å²) >= 11 is 0. The quantitative estimate of drug-likeness (QED) is 0.822. The van der Waals surface area contributed by atoms with Crippen LogP contribution in [0.1, 0.15) is 33.1 Å². The molecule has 2 unspecified atom stereocenters. The number of morpholine rings is 1. The van der Waals surface area contributed by atoms with Crippen LogP contribution >= 0.6 is 0 Å². The standard InChI is InChI=1S/C14H26N2O3/c1-3-12-9-19-11(2)8-16(12)13(17)14(10-15)4-6-18-7-5-14/h11-12H,3-10,15H2,1-2H3. The Labute approximate surface area is 115 Å². The van der Waals surface area contributed by atoms with Gasteiger partial charge in [-0.1, -0.05) is 6.92 Å². The summed E-state index contributed by atoms with van der Waals surface area (Å²) in [6.07, 6.45) is 2.52. The molecule has 1 amide bonds. The summed E-state index contributed by atoms with van der Waals surface area (Å²) in [6, 6.07) is 0.190. The molecule has 5 nitrogen and oxygen atoms in total. The first-order valence-electron chi connectivity index (χ1n) is 7.33. The van der Waals surface area contributed by atoms with E-state index in [1.165, 1.54) is 0 Å². The van der Waals surface area contributed by atoms with Gasteiger partial charge in [0.05, 0.1) is 24.2 Å². The highest BCUT2D eigenvalue weighted by molar-refractivity contribution is 5.83. The minimum atomic E-state index is -0.414. The summed E-state index contributed by atoms with van der Waals surface area (Å²) in [4.78, 5) is 15.0. The van der Waals surface area contributed by atoms with Crippen molar-refractivity contribution in [3.05, 3.63) is 0 Å². The number of rotatable bonds is 3. The number of carbonyl (C=O) groups is 1. The van der Waals surface area contributed by atoms with E-state index in [1.807, 2.05) is 11.8 Å². The molecule has 2 N–H and O–H groups in total. The number of hydrogen-bond acceptors (Lipinski definition) is 4. The summed E-state index contributed by atoms with van der Waals surface area (Å²) in [7, 11) is 0. The zero-order valence-corrected chi connectivity index (χ0v) is 12.1. The van der Waals surface area contributed by atoms with Gasteiger partial charge in [0.2, 0.25) is 5.91 Å². The SMILES string of the molecule is CCC1COC(C)CN1C(=O)C1(CN)CCOCC1. The predicted molar refractivity (Wildman–Crippen MR) is 72.7 cm³/mol. The molecule has 2 aliphatic heterocycles. The normalized spacial score (nSPS) is 31.2. The molecule has 2 atom stereocenters. The van der Waals surface area contributed by atoms with Crippen LogP contribution < -0.4 is 5.73 Å². The molecule has 0 aromatic rings. The maximum atomic E-state index is 13.0. The van der Waals surface area contributed by atoms with Crippen molar-refractivity contribution in [3.8, 4) is 0 Å². The van der Waals surface area contributed by atoms with Gasteiger partial charge in [-0.2, -0.15) is 0 Å². The van der Waals surface area contributed by atoms with Crippen LogP contribution in [-0.4, -0.2) is 55.9 Å². The maximum Gasteiger partial charge on any atom is 0.230 e. The van der Waals surface area contributed by atoms with Crippen molar-refractivity contribution in [3.63, 3.8) is 0 Å². The first kappa shape index (κ1) is 14.8. The summed E-state index contributed by atoms with van der Waals surface area (Å²) in [6.45, 7) is 7.13. The first-order valence-corrected chi connectivity index (χ1v) is 7.33. The first-order chi connectivity index (χ1) is 9.13. The molecule has 2 fully saturated rings. The van der Waals surface area contributed by atoms with Crippen LogP contribution in [0.2, 0.25) is 0 Å². The second-order valence-corrected chi connectivity index (χ2v) is 5.76. The molecule has 2 heterocycles. The molecular formula is C14H26N2O3. The van der Waals surface area contributed by atoms with E-state index >= 15 is 0 Å². The molecule has 0 aromatic carbocycles. The molecule has 110 valence electrons. The fraction of sp³-hybridized carbons (Fsp3) is 0.929. The van der Waals surface area contributed by atoms with Gasteiger partial charge >= 0.3 is 0 Å². The second kappa shape index (κ2) is 6.20. The molecule has 5 heteroatoms. The van der Waals surface area contributed by atoms with Gasteiger partial charge in [0.15, 0.2) is 0 Å². The van der Waals surface area contributed by atoms with E-state index in [-0.39, 0.29) is 18.1 Å². The predicted octanol–water partition coefficient (Wildman–Crippen LogP) is 0.768. The van der Waals surface area contributed by atoms with E-state index < -0.39 is 5.41 Å². The second-order valence-electron chi connectivity index (χ2n) is 5.76. The fourth-order valence-corrected chi connectivity index (χ4v) is 3.00. The third-order valence-electron chi connectivity index (χ3n) is 4.49. The van der Waals surface area contributed by atoms with E-state index in [1.54, 1.807) is 0 Å². The summed E-state index contributed by atoms with van der Waals surface area (Å²) in [5.74, 6) is 0.209. The van der Waals surface area contributed by atoms with E-state index in [0.717, 1.165) is 19.3 Å². The fourth-order valence-electron chi connectivity index (χ4n) is 3.00. The summed E-state index contributed by atoms with van der Waals surface area (Å²) < 4.78 is 11.1. The summed E-state index contributed by atoms with van der Waals surface area (Å²) in [5.41, 5.74) is 5.52. The van der Waals surface area contributed by atoms with Gasteiger partial charge in [-0.05, 0) is 26.2 Å². The Bertz CT molecular complexity index is 316. The number of nitrogens with zero attached hydrogens (tertiary/aromatic N) is 1. The van der Waals surface area contributed by atoms with Crippen LogP contribution in [0, 0.1) is 5.41 Å². The third-order valence-corrected chi connectivity index (χ3v) is 4.49. The molecular weight excluding hydrogens is 244 g/mol. The third kappa shape index (κ3) is 2.93. The number of amides is 1. The smallest absolute Gasteiger partial charge is 0.230 e. The number of ether oxygens (including phenoxy) is 2. The van der Waals surface area contributed by atoms with Gasteiger partial charge in [0.25, 0.3) is 0 Å². The van der Waals surface area contributed by atoms with Gasteiger partial charge < -0.3 is 20.1 Å². The van der Waals surface area contributed by atoms with Crippen molar-refractivity contribution < 1.29 is 14.3 Å². The Morgan fingerprint density at radius 1 is 1.42 bits per heavy atom. The van der Waals surface area contributed by atoms with Crippen molar-refractivity contribution in [2.24, 2.45) is 11.1 Å². The van der Waals surface area contributed by atoms with Crippen LogP contribution in [-0.2, 0) is 14.3 Å². The van der Waals surface area contributed by atoms with E-state index in [2.05, 4.69) is 6.92 Å². The van der Waals surface area contributed by atoms with Crippen molar-refractivity contribution in [1.82, 2.24) is 4.90 Å². The van der Waals surface area contributed by atoms with Crippen LogP contribution in [0.4, 0.5) is 0 Å². The molecule has 2 rings (SSSR count). The molecule has 2 aliphatic rings. The van der Waals surface area contributed by atoms with Crippen molar-refractivity contribution in [2.75, 3.05) is 32.9 Å². The molecule has 19 heavy (non-hydrogen) atoms. The maximum absolute atomic E-state index is 13.0. The largest absolute Gasteiger partial charge is 0.381 e. The molecule has 0 aromatic heterocycles. The zero-order valence-electron chi connectivity index (χ0n) is 12.1. The lowest BCUT2D eigenvalue weighted by atomic mass is 9.78. The Morgan fingerprint density at radius 2 is 2.11 bits per heavy atom. The lowest BCUT2D eigenvalue weighted by Gasteiger charge is -2.45. The number of hydrogen-bond donors (Lipinski definition) is 1. The molecule has 0 radical (unpaired) electrons. The summed E-state index contributed by atoms with van der Waals surface area (Å²) in [5, 5.41) is 0. The minimum absolute atomic E-state index is 0.112. The molecule has 0 spiro atoms. The molecule has 0 saturated carbocycles. The van der Waals surface area contributed by atoms with Gasteiger partial charge in [0.1, 0.15) is 0 Å². The van der Waals surface area contributed by atoms with Crippen molar-refractivity contribution >= 4 is 5.91 Å². The lowest BCUT2D eigenvalue weighted by molar-refractivity contribution is -0.160. The van der Waals surface area contributed by atoms with Gasteiger partial charge in [-0.25, -0.2) is 0 Å². The van der Waals surface area contributed by atoms with Crippen LogP contribution in [0.5, 0.6) is 0 Å². The minimum Gasteiger partial charge on any atom is -0.381 e. The van der Waals surface area contributed by atoms with E-state index in [9.17, 15) is 4.79 Å². The lowest BCUT2D eigenvalue weighted by Crippen LogP contribution is -2.58. The Kier molecular flexibility index (Phi) is 4.81. The van der Waals surface area contributed by atoms with Gasteiger partial charge in [0, 0.05) is 26.3 Å².